The molecule has 3 aromatic heterocycles. The molecule has 9 rings (SSSR count). The van der Waals surface area contributed by atoms with Gasteiger partial charge < -0.3 is 46.2 Å². The number of anilines is 3. The second kappa shape index (κ2) is 23.6. The van der Waals surface area contributed by atoms with Gasteiger partial charge in [0.15, 0.2) is 0 Å². The number of aliphatic hydroxyl groups excluding tert-OH is 1. The van der Waals surface area contributed by atoms with Crippen molar-refractivity contribution in [3.8, 4) is 10.4 Å². The van der Waals surface area contributed by atoms with Gasteiger partial charge in [-0.25, -0.2) is 24.9 Å². The Morgan fingerprint density at radius 1 is 0.921 bits per heavy atom. The molecule has 6 atom stereocenters. The normalized spacial score (nSPS) is 21.6. The molecule has 0 bridgehead atoms. The molecule has 1 spiro atoms. The van der Waals surface area contributed by atoms with Gasteiger partial charge >= 0.3 is 0 Å². The molecule has 4 aliphatic heterocycles. The molecular formula is C55H71N13O6S2. The van der Waals surface area contributed by atoms with Crippen LogP contribution >= 0.6 is 23.1 Å². The summed E-state index contributed by atoms with van der Waals surface area (Å²) in [4.78, 5) is 87.7. The fourth-order valence-corrected chi connectivity index (χ4v) is 12.2. The first-order chi connectivity index (χ1) is 36.4. The minimum atomic E-state index is -1.02. The highest BCUT2D eigenvalue weighted by molar-refractivity contribution is 7.99. The Kier molecular flexibility index (Phi) is 17.0. The number of nitrogens with one attached hydrogen (secondary N) is 3. The lowest BCUT2D eigenvalue weighted by Gasteiger charge is -2.41. The summed E-state index contributed by atoms with van der Waals surface area (Å²) in [7, 11) is 0. The molecule has 404 valence electrons. The third kappa shape index (κ3) is 12.8. The van der Waals surface area contributed by atoms with Crippen LogP contribution in [-0.4, -0.2) is 153 Å². The van der Waals surface area contributed by atoms with Gasteiger partial charge in [0.25, 0.3) is 5.91 Å². The Hall–Kier alpha value is -6.10. The zero-order chi connectivity index (χ0) is 53.7. The van der Waals surface area contributed by atoms with Crippen LogP contribution in [0.15, 0.2) is 88.8 Å². The molecule has 2 aromatic carbocycles. The zero-order valence-electron chi connectivity index (χ0n) is 44.3. The Balaban J connectivity index is 0.696. The predicted molar refractivity (Wildman–Crippen MR) is 294 cm³/mol. The van der Waals surface area contributed by atoms with E-state index in [2.05, 4.69) is 52.5 Å². The van der Waals surface area contributed by atoms with E-state index in [0.717, 1.165) is 95.3 Å². The highest BCUT2D eigenvalue weighted by Gasteiger charge is 2.48. The van der Waals surface area contributed by atoms with E-state index in [9.17, 15) is 24.3 Å². The van der Waals surface area contributed by atoms with Crippen LogP contribution in [0.5, 0.6) is 0 Å². The third-order valence-corrected chi connectivity index (χ3v) is 17.2. The number of nitrogens with zero attached hydrogens (tertiary/aromatic N) is 9. The van der Waals surface area contributed by atoms with E-state index in [1.165, 1.54) is 29.1 Å². The molecule has 4 fully saturated rings. The average molecular weight is 1070 g/mol. The summed E-state index contributed by atoms with van der Waals surface area (Å²) in [5, 5.41) is 20.5. The molecule has 0 radical (unpaired) electrons. The quantitative estimate of drug-likeness (QED) is 0.0796. The van der Waals surface area contributed by atoms with E-state index >= 15 is 0 Å². The van der Waals surface area contributed by atoms with Crippen molar-refractivity contribution < 1.29 is 29.0 Å². The van der Waals surface area contributed by atoms with Gasteiger partial charge in [-0.05, 0) is 81.3 Å². The van der Waals surface area contributed by atoms with Crippen molar-refractivity contribution in [1.29, 1.82) is 0 Å². The maximum Gasteiger partial charge on any atom is 0.255 e. The third-order valence-electron chi connectivity index (χ3n) is 15.3. The second-order valence-electron chi connectivity index (χ2n) is 21.8. The van der Waals surface area contributed by atoms with Gasteiger partial charge in [-0.1, -0.05) is 62.9 Å². The number of rotatable bonds is 16. The van der Waals surface area contributed by atoms with Crippen LogP contribution in [0, 0.1) is 17.8 Å². The molecule has 0 saturated carbocycles. The molecule has 76 heavy (non-hydrogen) atoms. The first-order valence-corrected chi connectivity index (χ1v) is 28.0. The summed E-state index contributed by atoms with van der Waals surface area (Å²) in [6.45, 7) is 17.5. The molecular weight excluding hydrogens is 1000 g/mol. The van der Waals surface area contributed by atoms with Crippen molar-refractivity contribution in [1.82, 2.24) is 45.4 Å². The van der Waals surface area contributed by atoms with E-state index in [4.69, 9.17) is 20.4 Å². The largest absolute Gasteiger partial charge is 0.391 e. The summed E-state index contributed by atoms with van der Waals surface area (Å²) in [5.41, 5.74) is 11.5. The van der Waals surface area contributed by atoms with E-state index in [0.29, 0.717) is 31.9 Å². The van der Waals surface area contributed by atoms with Crippen molar-refractivity contribution in [2.75, 3.05) is 74.1 Å². The number of carbonyl (C=O) groups excluding carboxylic acids is 4. The Bertz CT molecular complexity index is 2810. The monoisotopic (exact) mass is 1070 g/mol. The fraction of sp³-hybridized carbons (Fsp3) is 0.509. The summed E-state index contributed by atoms with van der Waals surface area (Å²) < 4.78 is 5.88. The Morgan fingerprint density at radius 3 is 2.30 bits per heavy atom. The van der Waals surface area contributed by atoms with Crippen LogP contribution in [0.4, 0.5) is 17.5 Å². The molecule has 0 aliphatic carbocycles. The summed E-state index contributed by atoms with van der Waals surface area (Å²) in [5.74, 6) is -0.0428. The number of piperazine rings is 1. The van der Waals surface area contributed by atoms with Crippen molar-refractivity contribution >= 4 is 64.2 Å². The highest BCUT2D eigenvalue weighted by atomic mass is 32.2. The first-order valence-electron chi connectivity index (χ1n) is 26.3. The Labute approximate surface area is 453 Å². The Morgan fingerprint density at radius 2 is 1.66 bits per heavy atom. The number of hydrogen-bond acceptors (Lipinski definition) is 17. The summed E-state index contributed by atoms with van der Waals surface area (Å²) in [6, 6.07) is 13.5. The molecule has 0 unspecified atom stereocenters. The van der Waals surface area contributed by atoms with Gasteiger partial charge in [0, 0.05) is 93.1 Å². The number of benzene rings is 2. The van der Waals surface area contributed by atoms with E-state index in [1.807, 2.05) is 94.9 Å². The minimum absolute atomic E-state index is 0.0338. The number of thiazole rings is 1. The molecule has 6 N–H and O–H groups in total. The van der Waals surface area contributed by atoms with Crippen molar-refractivity contribution in [2.24, 2.45) is 16.6 Å². The number of hydrogen-bond donors (Lipinski definition) is 5. The first kappa shape index (κ1) is 54.7. The SMILES string of the molecule is Cc1ncsc1-c1ccc([C@H](C)NC(=O)[C@@H]2C[C@@H](O)CN2C(=O)[C@@H](NC(=O)c2cnc(N3CCN(CCCC(=O)Nc4cccc(Sc5cnc(N6CCC7(CC6)CO[C@@H](C)[C@H]7N)cn5)c4)CC3)nc2)C(C)(C)C)cc1. The number of piperidine rings is 1. The molecule has 4 amide bonds. The van der Waals surface area contributed by atoms with E-state index < -0.39 is 35.4 Å². The van der Waals surface area contributed by atoms with Crippen LogP contribution in [-0.2, 0) is 19.1 Å². The number of aromatic nitrogens is 5. The van der Waals surface area contributed by atoms with Gasteiger partial charge in [0.2, 0.25) is 23.7 Å². The fourth-order valence-electron chi connectivity index (χ4n) is 10.6. The molecule has 4 saturated heterocycles. The molecule has 5 aromatic rings. The van der Waals surface area contributed by atoms with Crippen LogP contribution in [0.2, 0.25) is 0 Å². The van der Waals surface area contributed by atoms with Crippen LogP contribution in [0.3, 0.4) is 0 Å². The molecule has 7 heterocycles. The number of β-amino-alcohol motifs (C(OH)–C–C–N with tert-alkyl or cyclic N) is 1. The zero-order valence-corrected chi connectivity index (χ0v) is 45.9. The lowest BCUT2D eigenvalue weighted by molar-refractivity contribution is -0.142. The number of amides is 4. The number of aliphatic hydroxyl groups is 1. The number of likely N-dealkylation sites (tertiary alicyclic amines) is 1. The second-order valence-corrected chi connectivity index (χ2v) is 23.7. The van der Waals surface area contributed by atoms with Crippen LogP contribution in [0.25, 0.3) is 10.4 Å². The van der Waals surface area contributed by atoms with Gasteiger partial charge in [0.05, 0.1) is 58.9 Å². The average Bonchev–Trinajstić information content (AvgIpc) is 4.12. The highest BCUT2D eigenvalue weighted by Crippen LogP contribution is 2.42. The number of ether oxygens (including phenoxy) is 1. The maximum atomic E-state index is 14.3. The van der Waals surface area contributed by atoms with Crippen molar-refractivity contribution in [3.63, 3.8) is 0 Å². The van der Waals surface area contributed by atoms with E-state index in [1.54, 1.807) is 17.5 Å². The number of aryl methyl sites for hydroxylation is 1. The van der Waals surface area contributed by atoms with Gasteiger partial charge in [-0.2, -0.15) is 0 Å². The maximum absolute atomic E-state index is 14.3. The lowest BCUT2D eigenvalue weighted by atomic mass is 9.73. The standard InChI is InChI=1S/C55H71N13O6S2/c1-34(37-12-14-38(15-13-37)47-35(2)61-33-75-47)62-51(72)43-26-41(69)31-68(43)52(73)49(54(4,5)6)64-50(71)39-27-59-53(60-28-39)67-23-21-65(22-24-67)18-8-11-45(70)63-40-9-7-10-42(25-40)76-46-30-57-44(29-58-46)66-19-16-55(17-20-66)32-74-36(3)48(55)56/h7,9-10,12-15,25,27-30,33-34,36,41,43,48-49,69H,8,11,16-24,26,31-32,56H2,1-6H3,(H,62,72)(H,63,70)(H,64,71)/t34-,36-,41+,43-,48+,49+/m0/s1. The predicted octanol–water partition coefficient (Wildman–Crippen LogP) is 5.71. The topological polar surface area (TPSA) is 237 Å². The van der Waals surface area contributed by atoms with Gasteiger partial charge in [0.1, 0.15) is 22.9 Å². The van der Waals surface area contributed by atoms with E-state index in [-0.39, 0.29) is 53.9 Å². The van der Waals surface area contributed by atoms with Gasteiger partial charge in [-0.15, -0.1) is 11.3 Å². The van der Waals surface area contributed by atoms with Crippen LogP contribution in [0.1, 0.15) is 94.4 Å². The van der Waals surface area contributed by atoms with Gasteiger partial charge in [-0.3, -0.25) is 24.1 Å². The molecule has 19 nitrogen and oxygen atoms in total. The van der Waals surface area contributed by atoms with Crippen molar-refractivity contribution in [3.05, 3.63) is 95.6 Å². The molecule has 4 aliphatic rings. The number of nitrogens with two attached hydrogens (primary N) is 1. The smallest absolute Gasteiger partial charge is 0.255 e. The lowest BCUT2D eigenvalue weighted by Crippen LogP contribution is -2.57. The minimum Gasteiger partial charge on any atom is -0.391 e. The van der Waals surface area contributed by atoms with Crippen LogP contribution < -0.4 is 31.5 Å². The number of carbonyl (C=O) groups is 4. The van der Waals surface area contributed by atoms with Crippen molar-refractivity contribution in [2.45, 2.75) is 120 Å². The molecule has 21 heteroatoms. The summed E-state index contributed by atoms with van der Waals surface area (Å²) >= 11 is 3.08. The summed E-state index contributed by atoms with van der Waals surface area (Å²) in [6.07, 6.45) is 8.89.